The molecular weight excluding hydrogens is 335 g/mol. The summed E-state index contributed by atoms with van der Waals surface area (Å²) >= 11 is 0. The van der Waals surface area contributed by atoms with Gasteiger partial charge in [-0.05, 0) is 37.6 Å². The molecular formula is C17H22F3N3O2. The van der Waals surface area contributed by atoms with E-state index in [1.165, 1.54) is 12.1 Å². The average molecular weight is 357 g/mol. The van der Waals surface area contributed by atoms with Crippen molar-refractivity contribution in [1.29, 1.82) is 0 Å². The Bertz CT molecular complexity index is 609. The minimum atomic E-state index is -4.35. The number of hydrogen-bond donors (Lipinski definition) is 1. The Morgan fingerprint density at radius 2 is 1.76 bits per heavy atom. The van der Waals surface area contributed by atoms with Gasteiger partial charge in [-0.1, -0.05) is 12.1 Å². The molecule has 1 aliphatic rings. The van der Waals surface area contributed by atoms with Crippen LogP contribution in [0.5, 0.6) is 0 Å². The first-order valence-electron chi connectivity index (χ1n) is 8.08. The van der Waals surface area contributed by atoms with Crippen LogP contribution < -0.4 is 5.73 Å². The first-order chi connectivity index (χ1) is 11.7. The van der Waals surface area contributed by atoms with Crippen molar-refractivity contribution >= 4 is 11.8 Å². The lowest BCUT2D eigenvalue weighted by Crippen LogP contribution is -2.45. The van der Waals surface area contributed by atoms with Gasteiger partial charge in [0.2, 0.25) is 11.8 Å². The lowest BCUT2D eigenvalue weighted by molar-refractivity contribution is -0.137. The molecule has 25 heavy (non-hydrogen) atoms. The molecule has 0 radical (unpaired) electrons. The first kappa shape index (κ1) is 19.2. The second-order valence-corrected chi connectivity index (χ2v) is 6.42. The van der Waals surface area contributed by atoms with Gasteiger partial charge in [0.05, 0.1) is 12.1 Å². The molecule has 1 saturated heterocycles. The molecule has 0 unspecified atom stereocenters. The van der Waals surface area contributed by atoms with Gasteiger partial charge >= 0.3 is 6.18 Å². The number of carbonyl (C=O) groups excluding carboxylic acids is 2. The zero-order valence-electron chi connectivity index (χ0n) is 14.1. The van der Waals surface area contributed by atoms with Gasteiger partial charge in [0.1, 0.15) is 0 Å². The summed E-state index contributed by atoms with van der Waals surface area (Å²) in [6.07, 6.45) is -3.20. The highest BCUT2D eigenvalue weighted by molar-refractivity contribution is 5.80. The van der Waals surface area contributed by atoms with E-state index >= 15 is 0 Å². The lowest BCUT2D eigenvalue weighted by atomic mass is 9.96. The van der Waals surface area contributed by atoms with E-state index in [-0.39, 0.29) is 24.3 Å². The summed E-state index contributed by atoms with van der Waals surface area (Å²) in [6, 6.07) is 4.92. The molecule has 2 N–H and O–H groups in total. The van der Waals surface area contributed by atoms with Gasteiger partial charge in [0, 0.05) is 25.6 Å². The quantitative estimate of drug-likeness (QED) is 0.875. The minimum absolute atomic E-state index is 0.0580. The van der Waals surface area contributed by atoms with Crippen molar-refractivity contribution in [2.24, 2.45) is 11.7 Å². The van der Waals surface area contributed by atoms with E-state index in [9.17, 15) is 22.8 Å². The van der Waals surface area contributed by atoms with E-state index < -0.39 is 11.7 Å². The molecule has 0 atom stereocenters. The van der Waals surface area contributed by atoms with E-state index in [4.69, 9.17) is 5.73 Å². The van der Waals surface area contributed by atoms with Crippen molar-refractivity contribution in [2.75, 3.05) is 26.7 Å². The Morgan fingerprint density at radius 1 is 1.20 bits per heavy atom. The molecule has 1 aromatic carbocycles. The first-order valence-corrected chi connectivity index (χ1v) is 8.08. The maximum absolute atomic E-state index is 12.5. The van der Waals surface area contributed by atoms with Gasteiger partial charge in [0.15, 0.2) is 0 Å². The number of nitrogens with two attached hydrogens (primary N) is 1. The van der Waals surface area contributed by atoms with Gasteiger partial charge in [-0.25, -0.2) is 0 Å². The summed E-state index contributed by atoms with van der Waals surface area (Å²) in [4.78, 5) is 26.9. The van der Waals surface area contributed by atoms with E-state index in [1.54, 1.807) is 16.8 Å². The summed E-state index contributed by atoms with van der Waals surface area (Å²) < 4.78 is 37.6. The molecule has 0 aromatic heterocycles. The van der Waals surface area contributed by atoms with Crippen LogP contribution >= 0.6 is 0 Å². The van der Waals surface area contributed by atoms with Gasteiger partial charge in [-0.2, -0.15) is 13.2 Å². The minimum Gasteiger partial charge on any atom is -0.369 e. The van der Waals surface area contributed by atoms with E-state index in [2.05, 4.69) is 0 Å². The van der Waals surface area contributed by atoms with Crippen LogP contribution in [0.2, 0.25) is 0 Å². The third kappa shape index (κ3) is 5.45. The fraction of sp³-hybridized carbons (Fsp3) is 0.529. The van der Waals surface area contributed by atoms with Crippen LogP contribution in [0.3, 0.4) is 0 Å². The van der Waals surface area contributed by atoms with Crippen LogP contribution in [0.1, 0.15) is 24.0 Å². The van der Waals surface area contributed by atoms with Crippen molar-refractivity contribution in [3.8, 4) is 0 Å². The maximum Gasteiger partial charge on any atom is 0.416 e. The number of piperidine rings is 1. The largest absolute Gasteiger partial charge is 0.416 e. The number of primary amides is 1. The van der Waals surface area contributed by atoms with Crippen molar-refractivity contribution in [2.45, 2.75) is 25.6 Å². The number of alkyl halides is 3. The van der Waals surface area contributed by atoms with E-state index in [1.807, 2.05) is 0 Å². The second kappa shape index (κ2) is 7.86. The Hall–Kier alpha value is -2.09. The molecule has 1 heterocycles. The second-order valence-electron chi connectivity index (χ2n) is 6.42. The molecule has 0 bridgehead atoms. The SMILES string of the molecule is CN(CC(=O)N1CCC(C(N)=O)CC1)Cc1ccc(C(F)(F)F)cc1. The monoisotopic (exact) mass is 357 g/mol. The number of rotatable bonds is 5. The molecule has 1 fully saturated rings. The molecule has 138 valence electrons. The van der Waals surface area contributed by atoms with Gasteiger partial charge in [0.25, 0.3) is 0 Å². The Morgan fingerprint density at radius 3 is 2.24 bits per heavy atom. The summed E-state index contributed by atoms with van der Waals surface area (Å²) in [7, 11) is 1.74. The molecule has 1 aromatic rings. The highest BCUT2D eigenvalue weighted by Crippen LogP contribution is 2.29. The van der Waals surface area contributed by atoms with Gasteiger partial charge in [-0.15, -0.1) is 0 Å². The number of carbonyl (C=O) groups is 2. The predicted molar refractivity (Wildman–Crippen MR) is 86.3 cm³/mol. The zero-order valence-corrected chi connectivity index (χ0v) is 14.1. The third-order valence-electron chi connectivity index (χ3n) is 4.39. The smallest absolute Gasteiger partial charge is 0.369 e. The fourth-order valence-electron chi connectivity index (χ4n) is 2.91. The van der Waals surface area contributed by atoms with Crippen molar-refractivity contribution < 1.29 is 22.8 Å². The maximum atomic E-state index is 12.5. The zero-order chi connectivity index (χ0) is 18.6. The Labute approximate surface area is 144 Å². The topological polar surface area (TPSA) is 66.6 Å². The Balaban J connectivity index is 1.83. The van der Waals surface area contributed by atoms with Crippen LogP contribution in [0.25, 0.3) is 0 Å². The number of benzene rings is 1. The fourth-order valence-corrected chi connectivity index (χ4v) is 2.91. The highest BCUT2D eigenvalue weighted by atomic mass is 19.4. The Kier molecular flexibility index (Phi) is 6.05. The predicted octanol–water partition coefficient (Wildman–Crippen LogP) is 1.86. The molecule has 0 spiro atoms. The summed E-state index contributed by atoms with van der Waals surface area (Å²) in [6.45, 7) is 1.55. The number of likely N-dealkylation sites (N-methyl/N-ethyl adjacent to an activating group) is 1. The van der Waals surface area contributed by atoms with Crippen LogP contribution in [-0.4, -0.2) is 48.3 Å². The number of hydrogen-bond acceptors (Lipinski definition) is 3. The van der Waals surface area contributed by atoms with Crippen molar-refractivity contribution in [1.82, 2.24) is 9.80 Å². The van der Waals surface area contributed by atoms with Crippen molar-refractivity contribution in [3.63, 3.8) is 0 Å². The van der Waals surface area contributed by atoms with Crippen LogP contribution in [0, 0.1) is 5.92 Å². The molecule has 0 saturated carbocycles. The number of halogens is 3. The van der Waals surface area contributed by atoms with E-state index in [0.717, 1.165) is 12.1 Å². The van der Waals surface area contributed by atoms with Crippen LogP contribution in [0.4, 0.5) is 13.2 Å². The molecule has 5 nitrogen and oxygen atoms in total. The van der Waals surface area contributed by atoms with E-state index in [0.29, 0.717) is 38.0 Å². The summed E-state index contributed by atoms with van der Waals surface area (Å²) in [5.41, 5.74) is 5.29. The molecule has 2 amide bonds. The lowest BCUT2D eigenvalue weighted by Gasteiger charge is -2.31. The number of likely N-dealkylation sites (tertiary alicyclic amines) is 1. The molecule has 1 aliphatic heterocycles. The summed E-state index contributed by atoms with van der Waals surface area (Å²) in [5, 5.41) is 0. The number of nitrogens with zero attached hydrogens (tertiary/aromatic N) is 2. The standard InChI is InChI=1S/C17H22F3N3O2/c1-22(10-12-2-4-14(5-3-12)17(18,19)20)11-15(24)23-8-6-13(7-9-23)16(21)25/h2-5,13H,6-11H2,1H3,(H2,21,25). The normalized spacial score (nSPS) is 16.3. The average Bonchev–Trinajstić information content (AvgIpc) is 2.54. The van der Waals surface area contributed by atoms with Crippen LogP contribution in [-0.2, 0) is 22.3 Å². The van der Waals surface area contributed by atoms with Gasteiger partial charge in [-0.3, -0.25) is 14.5 Å². The van der Waals surface area contributed by atoms with Crippen molar-refractivity contribution in [3.05, 3.63) is 35.4 Å². The molecule has 2 rings (SSSR count). The molecule has 0 aliphatic carbocycles. The highest BCUT2D eigenvalue weighted by Gasteiger charge is 2.30. The number of amides is 2. The third-order valence-corrected chi connectivity index (χ3v) is 4.39. The summed E-state index contributed by atoms with van der Waals surface area (Å²) in [5.74, 6) is -0.558. The van der Waals surface area contributed by atoms with Gasteiger partial charge < -0.3 is 10.6 Å². The van der Waals surface area contributed by atoms with Crippen LogP contribution in [0.15, 0.2) is 24.3 Å². The molecule has 8 heteroatoms.